The summed E-state index contributed by atoms with van der Waals surface area (Å²) in [5, 5.41) is 10.7. The van der Waals surface area contributed by atoms with Crippen molar-refractivity contribution in [2.24, 2.45) is 0 Å². The van der Waals surface area contributed by atoms with Crippen LogP contribution in [0.2, 0.25) is 5.02 Å². The molecule has 3 rings (SSSR count). The number of carbonyl (C=O) groups excluding carboxylic acids is 1. The number of hydrazine groups is 1. The monoisotopic (exact) mass is 388 g/mol. The minimum atomic E-state index is -5.01. The Morgan fingerprint density at radius 2 is 1.92 bits per heavy atom. The van der Waals surface area contributed by atoms with Crippen LogP contribution < -0.4 is 5.43 Å². The molecule has 142 valence electrons. The molecule has 1 aromatic carbocycles. The van der Waals surface area contributed by atoms with E-state index in [4.69, 9.17) is 11.6 Å². The minimum absolute atomic E-state index is 0.0418. The highest BCUT2D eigenvalue weighted by Crippen LogP contribution is 2.44. The summed E-state index contributed by atoms with van der Waals surface area (Å²) in [6.45, 7) is 1.76. The Morgan fingerprint density at radius 1 is 1.27 bits per heavy atom. The summed E-state index contributed by atoms with van der Waals surface area (Å²) in [5.41, 5.74) is 1.02. The lowest BCUT2D eigenvalue weighted by atomic mass is 9.91. The summed E-state index contributed by atoms with van der Waals surface area (Å²) in [7, 11) is 0. The quantitative estimate of drug-likeness (QED) is 0.746. The van der Waals surface area contributed by atoms with Crippen LogP contribution in [0.5, 0.6) is 0 Å². The van der Waals surface area contributed by atoms with Crippen LogP contribution in [-0.4, -0.2) is 27.9 Å². The van der Waals surface area contributed by atoms with Crippen LogP contribution in [0.3, 0.4) is 0 Å². The molecule has 0 radical (unpaired) electrons. The summed E-state index contributed by atoms with van der Waals surface area (Å²) in [4.78, 5) is 12.8. The maximum Gasteiger partial charge on any atom is 0.438 e. The van der Waals surface area contributed by atoms with Crippen molar-refractivity contribution in [3.8, 4) is 0 Å². The zero-order chi connectivity index (χ0) is 19.1. The van der Waals surface area contributed by atoms with Crippen molar-refractivity contribution >= 4 is 17.5 Å². The molecule has 1 aliphatic carbocycles. The number of halogens is 4. The molecule has 1 atom stereocenters. The molecular weight excluding hydrogens is 369 g/mol. The Labute approximate surface area is 154 Å². The fourth-order valence-corrected chi connectivity index (χ4v) is 3.75. The van der Waals surface area contributed by atoms with Gasteiger partial charge in [0.2, 0.25) is 0 Å². The number of benzene rings is 1. The lowest BCUT2D eigenvalue weighted by Gasteiger charge is -2.33. The molecule has 1 amide bonds. The highest BCUT2D eigenvalue weighted by atomic mass is 35.5. The number of hydrogen-bond donors (Lipinski definition) is 2. The van der Waals surface area contributed by atoms with Crippen LogP contribution in [0.4, 0.5) is 13.2 Å². The molecule has 1 heterocycles. The van der Waals surface area contributed by atoms with Crippen LogP contribution >= 0.6 is 11.6 Å². The van der Waals surface area contributed by atoms with E-state index in [9.17, 15) is 23.1 Å². The van der Waals surface area contributed by atoms with Gasteiger partial charge in [-0.1, -0.05) is 24.1 Å². The third-order valence-electron chi connectivity index (χ3n) is 4.94. The second kappa shape index (κ2) is 6.78. The summed E-state index contributed by atoms with van der Waals surface area (Å²) in [6, 6.07) is 4.45. The molecule has 1 saturated carbocycles. The molecule has 0 aromatic heterocycles. The maximum absolute atomic E-state index is 13.6. The van der Waals surface area contributed by atoms with E-state index < -0.39 is 24.2 Å². The molecule has 0 unspecified atom stereocenters. The first-order valence-corrected chi connectivity index (χ1v) is 8.88. The third-order valence-corrected chi connectivity index (χ3v) is 5.25. The van der Waals surface area contributed by atoms with Crippen molar-refractivity contribution in [3.05, 3.63) is 45.6 Å². The summed E-state index contributed by atoms with van der Waals surface area (Å²) < 4.78 is 40.9. The van der Waals surface area contributed by atoms with Crippen LogP contribution in [0.1, 0.15) is 54.4 Å². The van der Waals surface area contributed by atoms with Gasteiger partial charge in [0.25, 0.3) is 11.6 Å². The van der Waals surface area contributed by atoms with Crippen LogP contribution in [0.25, 0.3) is 0 Å². The zero-order valence-electron chi connectivity index (χ0n) is 14.3. The van der Waals surface area contributed by atoms with E-state index in [0.717, 1.165) is 30.4 Å². The Balaban J connectivity index is 2.00. The molecule has 4 nitrogen and oxygen atoms in total. The number of hydrogen-bond acceptors (Lipinski definition) is 3. The Morgan fingerprint density at radius 3 is 2.50 bits per heavy atom. The second-order valence-corrected chi connectivity index (χ2v) is 7.28. The van der Waals surface area contributed by atoms with E-state index >= 15 is 0 Å². The smallest absolute Gasteiger partial charge is 0.362 e. The number of aryl methyl sites for hydroxylation is 1. The highest BCUT2D eigenvalue weighted by molar-refractivity contribution is 6.33. The molecular formula is C18H20ClF3N2O2. The molecule has 1 aromatic rings. The number of nitrogens with zero attached hydrogens (tertiary/aromatic N) is 1. The van der Waals surface area contributed by atoms with Gasteiger partial charge >= 0.3 is 6.18 Å². The predicted molar refractivity (Wildman–Crippen MR) is 91.2 cm³/mol. The average Bonchev–Trinajstić information content (AvgIpc) is 2.94. The topological polar surface area (TPSA) is 52.6 Å². The Kier molecular flexibility index (Phi) is 4.96. The Hall–Kier alpha value is -1.73. The van der Waals surface area contributed by atoms with Gasteiger partial charge in [-0.15, -0.1) is 0 Å². The average molecular weight is 389 g/mol. The van der Waals surface area contributed by atoms with E-state index in [1.807, 2.05) is 0 Å². The van der Waals surface area contributed by atoms with Gasteiger partial charge in [-0.2, -0.15) is 13.2 Å². The molecule has 1 saturated heterocycles. The number of carbonyl (C=O) groups is 1. The first kappa shape index (κ1) is 19.0. The van der Waals surface area contributed by atoms with E-state index in [1.54, 1.807) is 13.0 Å². The SMILES string of the molecule is Cc1ccc(C(=O)N2NC(=C3CCCCC3)C[C@@]2(O)C(F)(F)F)c(Cl)c1. The minimum Gasteiger partial charge on any atom is -0.362 e. The highest BCUT2D eigenvalue weighted by Gasteiger charge is 2.63. The van der Waals surface area contributed by atoms with E-state index in [0.29, 0.717) is 12.8 Å². The summed E-state index contributed by atoms with van der Waals surface area (Å²) in [6.07, 6.45) is -1.55. The van der Waals surface area contributed by atoms with Gasteiger partial charge in [-0.3, -0.25) is 10.2 Å². The maximum atomic E-state index is 13.6. The van der Waals surface area contributed by atoms with Crippen molar-refractivity contribution < 1.29 is 23.1 Å². The van der Waals surface area contributed by atoms with Gasteiger partial charge in [0.1, 0.15) is 0 Å². The van der Waals surface area contributed by atoms with Gasteiger partial charge in [0, 0.05) is 12.1 Å². The first-order chi connectivity index (χ1) is 12.1. The van der Waals surface area contributed by atoms with Crippen LogP contribution in [-0.2, 0) is 0 Å². The van der Waals surface area contributed by atoms with Crippen molar-refractivity contribution in [3.63, 3.8) is 0 Å². The lowest BCUT2D eigenvalue weighted by Crippen LogP contribution is -2.60. The Bertz CT molecular complexity index is 755. The van der Waals surface area contributed by atoms with Gasteiger partial charge in [0.05, 0.1) is 10.6 Å². The molecule has 2 fully saturated rings. The summed E-state index contributed by atoms with van der Waals surface area (Å²) in [5.74, 6) is -1.01. The molecule has 26 heavy (non-hydrogen) atoms. The lowest BCUT2D eigenvalue weighted by molar-refractivity contribution is -0.299. The van der Waals surface area contributed by atoms with Crippen molar-refractivity contribution in [2.75, 3.05) is 0 Å². The molecule has 8 heteroatoms. The molecule has 0 bridgehead atoms. The van der Waals surface area contributed by atoms with E-state index in [1.165, 1.54) is 12.1 Å². The van der Waals surface area contributed by atoms with Crippen LogP contribution in [0.15, 0.2) is 29.5 Å². The number of rotatable bonds is 1. The van der Waals surface area contributed by atoms with Gasteiger partial charge in [0.15, 0.2) is 0 Å². The van der Waals surface area contributed by atoms with Gasteiger partial charge < -0.3 is 5.11 Å². The molecule has 0 spiro atoms. The largest absolute Gasteiger partial charge is 0.438 e. The number of allylic oxidation sites excluding steroid dienone is 1. The molecule has 2 N–H and O–H groups in total. The van der Waals surface area contributed by atoms with E-state index in [2.05, 4.69) is 5.43 Å². The fourth-order valence-electron chi connectivity index (χ4n) is 3.44. The van der Waals surface area contributed by atoms with Crippen molar-refractivity contribution in [2.45, 2.75) is 57.3 Å². The van der Waals surface area contributed by atoms with Crippen LogP contribution in [0, 0.1) is 6.92 Å². The van der Waals surface area contributed by atoms with Crippen molar-refractivity contribution in [1.82, 2.24) is 10.4 Å². The third kappa shape index (κ3) is 3.30. The normalized spacial score (nSPS) is 24.0. The van der Waals surface area contributed by atoms with E-state index in [-0.39, 0.29) is 21.3 Å². The summed E-state index contributed by atoms with van der Waals surface area (Å²) >= 11 is 6.05. The second-order valence-electron chi connectivity index (χ2n) is 6.87. The number of aliphatic hydroxyl groups is 1. The molecule has 1 aliphatic heterocycles. The predicted octanol–water partition coefficient (Wildman–Crippen LogP) is 4.47. The van der Waals surface area contributed by atoms with Gasteiger partial charge in [-0.05, 0) is 55.9 Å². The standard InChI is InChI=1S/C18H20ClF3N2O2/c1-11-7-8-13(14(19)9-11)16(25)24-17(26,18(20,21)22)10-15(23-24)12-5-3-2-4-6-12/h7-9,23,26H,2-6,10H2,1H3/t17-/m1/s1. The number of nitrogens with one attached hydrogen (secondary N) is 1. The number of alkyl halides is 3. The van der Waals surface area contributed by atoms with Crippen molar-refractivity contribution in [1.29, 1.82) is 0 Å². The molecule has 2 aliphatic rings. The first-order valence-electron chi connectivity index (χ1n) is 8.51. The zero-order valence-corrected chi connectivity index (χ0v) is 15.0. The number of amides is 1. The van der Waals surface area contributed by atoms with Gasteiger partial charge in [-0.25, -0.2) is 5.01 Å². The fraction of sp³-hybridized carbons (Fsp3) is 0.500.